The number of hydrazine groups is 1. The van der Waals surface area contributed by atoms with E-state index in [-0.39, 0.29) is 12.5 Å². The molecule has 0 saturated heterocycles. The van der Waals surface area contributed by atoms with Gasteiger partial charge in [0.25, 0.3) is 0 Å². The number of aromatic nitrogens is 3. The third-order valence-corrected chi connectivity index (χ3v) is 4.91. The topological polar surface area (TPSA) is 120 Å². The number of hydroxylamine groups is 2. The monoisotopic (exact) mass is 376 g/mol. The highest BCUT2D eigenvalue weighted by molar-refractivity contribution is 5.80. The molecule has 0 aromatic carbocycles. The molecule has 9 nitrogen and oxygen atoms in total. The molecule has 0 spiro atoms. The lowest BCUT2D eigenvalue weighted by Crippen LogP contribution is -2.40. The molecule has 3 rings (SSSR count). The lowest BCUT2D eigenvalue weighted by Gasteiger charge is -2.19. The Morgan fingerprint density at radius 3 is 2.33 bits per heavy atom. The molecule has 1 unspecified atom stereocenters. The van der Waals surface area contributed by atoms with Gasteiger partial charge in [-0.25, -0.2) is 10.0 Å². The maximum absolute atomic E-state index is 12.5. The van der Waals surface area contributed by atoms with Crippen molar-refractivity contribution in [3.63, 3.8) is 0 Å². The van der Waals surface area contributed by atoms with Crippen molar-refractivity contribution in [1.82, 2.24) is 25.4 Å². The second-order valence-electron chi connectivity index (χ2n) is 7.46. The average molecular weight is 376 g/mol. The molecule has 2 fully saturated rings. The van der Waals surface area contributed by atoms with Crippen molar-refractivity contribution in [2.75, 3.05) is 12.0 Å². The van der Waals surface area contributed by atoms with Crippen LogP contribution in [0.1, 0.15) is 81.8 Å². The summed E-state index contributed by atoms with van der Waals surface area (Å²) in [5.74, 6) is 1.94. The van der Waals surface area contributed by atoms with Crippen LogP contribution in [0.15, 0.2) is 0 Å². The number of carbonyl (C=O) groups excluding carboxylic acids is 2. The van der Waals surface area contributed by atoms with Gasteiger partial charge in [-0.05, 0) is 32.1 Å². The zero-order valence-electron chi connectivity index (χ0n) is 15.7. The minimum atomic E-state index is -0.508. The molecule has 2 aliphatic carbocycles. The second kappa shape index (κ2) is 9.07. The Bertz CT molecular complexity index is 632. The van der Waals surface area contributed by atoms with Crippen LogP contribution in [0.5, 0.6) is 0 Å². The van der Waals surface area contributed by atoms with Crippen molar-refractivity contribution >= 4 is 18.3 Å². The van der Waals surface area contributed by atoms with E-state index in [4.69, 9.17) is 0 Å². The third-order valence-electron chi connectivity index (χ3n) is 4.91. The van der Waals surface area contributed by atoms with Crippen LogP contribution >= 0.6 is 0 Å². The van der Waals surface area contributed by atoms with Crippen LogP contribution in [0.3, 0.4) is 0 Å². The molecule has 0 radical (unpaired) electrons. The fourth-order valence-electron chi connectivity index (χ4n) is 2.95. The van der Waals surface area contributed by atoms with E-state index >= 15 is 0 Å². The summed E-state index contributed by atoms with van der Waals surface area (Å²) >= 11 is 0. The first-order valence-electron chi connectivity index (χ1n) is 9.83. The first-order chi connectivity index (χ1) is 13.1. The van der Waals surface area contributed by atoms with E-state index in [0.717, 1.165) is 56.6 Å². The summed E-state index contributed by atoms with van der Waals surface area (Å²) in [5, 5.41) is 9.97. The number of hydrogen-bond acceptors (Lipinski definition) is 7. The first-order valence-corrected chi connectivity index (χ1v) is 9.83. The number of amides is 2. The predicted molar refractivity (Wildman–Crippen MR) is 97.7 cm³/mol. The fraction of sp³-hybridized carbons (Fsp3) is 0.722. The smallest absolute Gasteiger partial charge is 0.245 e. The van der Waals surface area contributed by atoms with Crippen molar-refractivity contribution in [3.05, 3.63) is 11.6 Å². The summed E-state index contributed by atoms with van der Waals surface area (Å²) in [4.78, 5) is 36.6. The van der Waals surface area contributed by atoms with E-state index in [0.29, 0.717) is 35.7 Å². The molecule has 1 heterocycles. The SMILES string of the molecule is CCCCCC(CN(O)C=O)C(=O)NNc1nc(C2CC2)nc(C2CC2)n1. The summed E-state index contributed by atoms with van der Waals surface area (Å²) in [6.07, 6.45) is 8.15. The van der Waals surface area contributed by atoms with Gasteiger partial charge in [-0.2, -0.15) is 9.97 Å². The molecule has 148 valence electrons. The lowest BCUT2D eigenvalue weighted by molar-refractivity contribution is -0.154. The van der Waals surface area contributed by atoms with Gasteiger partial charge in [0.15, 0.2) is 0 Å². The van der Waals surface area contributed by atoms with E-state index in [9.17, 15) is 14.8 Å². The molecule has 1 aromatic heterocycles. The Kier molecular flexibility index (Phi) is 6.54. The molecule has 2 saturated carbocycles. The minimum absolute atomic E-state index is 0.0431. The normalized spacial score (nSPS) is 17.3. The molecule has 27 heavy (non-hydrogen) atoms. The zero-order valence-corrected chi connectivity index (χ0v) is 15.7. The highest BCUT2D eigenvalue weighted by Crippen LogP contribution is 2.41. The van der Waals surface area contributed by atoms with Gasteiger partial charge in [0, 0.05) is 11.8 Å². The van der Waals surface area contributed by atoms with Crippen LogP contribution in [0, 0.1) is 5.92 Å². The molecular weight excluding hydrogens is 348 g/mol. The molecule has 3 N–H and O–H groups in total. The highest BCUT2D eigenvalue weighted by atomic mass is 16.5. The number of nitrogens with zero attached hydrogens (tertiary/aromatic N) is 4. The van der Waals surface area contributed by atoms with E-state index < -0.39 is 5.92 Å². The standard InChI is InChI=1S/C18H28N6O3/c1-2-3-4-5-14(10-24(27)11-25)17(26)22-23-18-20-15(12-6-7-12)19-16(21-18)13-8-9-13/h11-14,27H,2-10H2,1H3,(H,22,26)(H,19,20,21,23). The Morgan fingerprint density at radius 2 is 1.81 bits per heavy atom. The molecule has 0 aliphatic heterocycles. The number of anilines is 1. The number of carbonyl (C=O) groups is 2. The number of unbranched alkanes of at least 4 members (excludes halogenated alkanes) is 2. The van der Waals surface area contributed by atoms with E-state index in [1.165, 1.54) is 0 Å². The van der Waals surface area contributed by atoms with Crippen LogP contribution in [-0.4, -0.2) is 44.1 Å². The van der Waals surface area contributed by atoms with Gasteiger partial charge in [0.2, 0.25) is 18.3 Å². The number of nitrogens with one attached hydrogen (secondary N) is 2. The maximum Gasteiger partial charge on any atom is 0.245 e. The predicted octanol–water partition coefficient (Wildman–Crippen LogP) is 2.11. The van der Waals surface area contributed by atoms with Crippen LogP contribution in [0.4, 0.5) is 5.95 Å². The van der Waals surface area contributed by atoms with Gasteiger partial charge in [0.1, 0.15) is 11.6 Å². The average Bonchev–Trinajstić information content (AvgIpc) is 3.57. The summed E-state index contributed by atoms with van der Waals surface area (Å²) in [5.41, 5.74) is 5.44. The van der Waals surface area contributed by atoms with Crippen molar-refractivity contribution < 1.29 is 14.8 Å². The third kappa shape index (κ3) is 5.85. The maximum atomic E-state index is 12.5. The molecular formula is C18H28N6O3. The summed E-state index contributed by atoms with van der Waals surface area (Å²) in [6, 6.07) is 0. The van der Waals surface area contributed by atoms with Crippen LogP contribution in [0.2, 0.25) is 0 Å². The van der Waals surface area contributed by atoms with Gasteiger partial charge in [-0.1, -0.05) is 26.2 Å². The van der Waals surface area contributed by atoms with Gasteiger partial charge >= 0.3 is 0 Å². The van der Waals surface area contributed by atoms with Gasteiger partial charge < -0.3 is 0 Å². The Balaban J connectivity index is 1.60. The summed E-state index contributed by atoms with van der Waals surface area (Å²) in [7, 11) is 0. The number of hydrogen-bond donors (Lipinski definition) is 3. The zero-order chi connectivity index (χ0) is 19.2. The van der Waals surface area contributed by atoms with Crippen molar-refractivity contribution in [1.29, 1.82) is 0 Å². The van der Waals surface area contributed by atoms with Crippen LogP contribution in [0.25, 0.3) is 0 Å². The number of rotatable bonds is 12. The van der Waals surface area contributed by atoms with Gasteiger partial charge in [-0.3, -0.25) is 25.6 Å². The van der Waals surface area contributed by atoms with Crippen molar-refractivity contribution in [3.8, 4) is 0 Å². The minimum Gasteiger partial charge on any atom is -0.286 e. The highest BCUT2D eigenvalue weighted by Gasteiger charge is 2.32. The molecule has 9 heteroatoms. The van der Waals surface area contributed by atoms with E-state index in [1.54, 1.807) is 0 Å². The van der Waals surface area contributed by atoms with Gasteiger partial charge in [-0.15, -0.1) is 0 Å². The van der Waals surface area contributed by atoms with Crippen molar-refractivity contribution in [2.45, 2.75) is 70.1 Å². The summed E-state index contributed by atoms with van der Waals surface area (Å²) in [6.45, 7) is 2.04. The Hall–Kier alpha value is -2.29. The Labute approximate surface area is 158 Å². The molecule has 1 atom stereocenters. The van der Waals surface area contributed by atoms with E-state index in [2.05, 4.69) is 32.7 Å². The largest absolute Gasteiger partial charge is 0.286 e. The van der Waals surface area contributed by atoms with Gasteiger partial charge in [0.05, 0.1) is 12.5 Å². The van der Waals surface area contributed by atoms with E-state index in [1.807, 2.05) is 0 Å². The van der Waals surface area contributed by atoms with Crippen LogP contribution < -0.4 is 10.9 Å². The molecule has 2 aliphatic rings. The quantitative estimate of drug-likeness (QED) is 0.221. The van der Waals surface area contributed by atoms with Crippen LogP contribution in [-0.2, 0) is 9.59 Å². The molecule has 2 amide bonds. The Morgan fingerprint density at radius 1 is 1.19 bits per heavy atom. The molecule has 0 bridgehead atoms. The first kappa shape index (κ1) is 19.5. The lowest BCUT2D eigenvalue weighted by atomic mass is 10.0. The second-order valence-corrected chi connectivity index (χ2v) is 7.46. The summed E-state index contributed by atoms with van der Waals surface area (Å²) < 4.78 is 0. The fourth-order valence-corrected chi connectivity index (χ4v) is 2.95. The van der Waals surface area contributed by atoms with Crippen molar-refractivity contribution in [2.24, 2.45) is 5.92 Å². The molecule has 1 aromatic rings.